The van der Waals surface area contributed by atoms with Gasteiger partial charge in [-0.15, -0.1) is 0 Å². The standard InChI is InChI=1S/C12H20N4OS/c1-16-10(13)9(7-15-16)11(17)14-8-12(18-2)5-3-4-6-12/h7H,3-6,8,13H2,1-2H3,(H,14,17). The summed E-state index contributed by atoms with van der Waals surface area (Å²) in [6.07, 6.45) is 8.51. The second-order valence-electron chi connectivity index (χ2n) is 4.84. The minimum absolute atomic E-state index is 0.124. The summed E-state index contributed by atoms with van der Waals surface area (Å²) < 4.78 is 1.72. The zero-order valence-electron chi connectivity index (χ0n) is 10.9. The lowest BCUT2D eigenvalue weighted by atomic mass is 10.1. The van der Waals surface area contributed by atoms with Crippen LogP contribution in [0, 0.1) is 0 Å². The minimum atomic E-state index is -0.124. The van der Waals surface area contributed by atoms with E-state index in [0.717, 1.165) is 0 Å². The average Bonchev–Trinajstić information content (AvgIpc) is 2.96. The van der Waals surface area contributed by atoms with E-state index >= 15 is 0 Å². The van der Waals surface area contributed by atoms with Gasteiger partial charge in [-0.25, -0.2) is 0 Å². The van der Waals surface area contributed by atoms with Crippen molar-refractivity contribution in [2.24, 2.45) is 7.05 Å². The van der Waals surface area contributed by atoms with Crippen molar-refractivity contribution < 1.29 is 4.79 Å². The van der Waals surface area contributed by atoms with Crippen LogP contribution in [-0.2, 0) is 7.05 Å². The number of hydrogen-bond acceptors (Lipinski definition) is 4. The van der Waals surface area contributed by atoms with E-state index in [1.54, 1.807) is 7.05 Å². The van der Waals surface area contributed by atoms with E-state index in [-0.39, 0.29) is 10.7 Å². The molecule has 3 N–H and O–H groups in total. The van der Waals surface area contributed by atoms with E-state index in [1.807, 2.05) is 11.8 Å². The molecule has 1 aliphatic rings. The van der Waals surface area contributed by atoms with E-state index in [0.29, 0.717) is 17.9 Å². The van der Waals surface area contributed by atoms with Crippen molar-refractivity contribution in [2.45, 2.75) is 30.4 Å². The van der Waals surface area contributed by atoms with Crippen LogP contribution in [0.5, 0.6) is 0 Å². The first-order valence-electron chi connectivity index (χ1n) is 6.19. The maximum atomic E-state index is 12.0. The molecule has 0 unspecified atom stereocenters. The van der Waals surface area contributed by atoms with Crippen molar-refractivity contribution in [3.63, 3.8) is 0 Å². The van der Waals surface area contributed by atoms with Gasteiger partial charge in [0.15, 0.2) is 0 Å². The van der Waals surface area contributed by atoms with Gasteiger partial charge in [-0.05, 0) is 19.1 Å². The number of amides is 1. The molecule has 18 heavy (non-hydrogen) atoms. The van der Waals surface area contributed by atoms with Crippen molar-refractivity contribution in [1.29, 1.82) is 0 Å². The van der Waals surface area contributed by atoms with Gasteiger partial charge in [0.2, 0.25) is 0 Å². The van der Waals surface area contributed by atoms with Crippen molar-refractivity contribution in [1.82, 2.24) is 15.1 Å². The second kappa shape index (κ2) is 5.22. The number of nitrogens with zero attached hydrogens (tertiary/aromatic N) is 2. The highest BCUT2D eigenvalue weighted by Crippen LogP contribution is 2.39. The Balaban J connectivity index is 1.98. The number of carbonyl (C=O) groups is 1. The molecular formula is C12H20N4OS. The molecule has 0 atom stereocenters. The number of thioether (sulfide) groups is 1. The van der Waals surface area contributed by atoms with Gasteiger partial charge in [0.1, 0.15) is 11.4 Å². The Morgan fingerprint density at radius 1 is 1.61 bits per heavy atom. The number of aromatic nitrogens is 2. The first-order chi connectivity index (χ1) is 8.58. The highest BCUT2D eigenvalue weighted by Gasteiger charge is 2.33. The van der Waals surface area contributed by atoms with E-state index < -0.39 is 0 Å². The summed E-state index contributed by atoms with van der Waals surface area (Å²) in [5.74, 6) is 0.290. The van der Waals surface area contributed by atoms with Gasteiger partial charge in [0.25, 0.3) is 5.91 Å². The topological polar surface area (TPSA) is 72.9 Å². The van der Waals surface area contributed by atoms with Crippen molar-refractivity contribution >= 4 is 23.5 Å². The van der Waals surface area contributed by atoms with Gasteiger partial charge in [-0.2, -0.15) is 16.9 Å². The molecule has 0 aliphatic heterocycles. The predicted molar refractivity (Wildman–Crippen MR) is 74.7 cm³/mol. The summed E-state index contributed by atoms with van der Waals surface area (Å²) in [4.78, 5) is 12.0. The Labute approximate surface area is 111 Å². The molecule has 0 bridgehead atoms. The first kappa shape index (κ1) is 13.3. The molecule has 6 heteroatoms. The fraction of sp³-hybridized carbons (Fsp3) is 0.667. The van der Waals surface area contributed by atoms with Crippen molar-refractivity contribution in [2.75, 3.05) is 18.5 Å². The third-order valence-electron chi connectivity index (χ3n) is 3.75. The number of carbonyl (C=O) groups excluding carboxylic acids is 1. The van der Waals surface area contributed by atoms with Gasteiger partial charge >= 0.3 is 0 Å². The van der Waals surface area contributed by atoms with E-state index in [4.69, 9.17) is 5.73 Å². The van der Waals surface area contributed by atoms with Crippen molar-refractivity contribution in [3.8, 4) is 0 Å². The molecule has 1 amide bonds. The lowest BCUT2D eigenvalue weighted by Gasteiger charge is -2.26. The van der Waals surface area contributed by atoms with Crippen LogP contribution in [0.25, 0.3) is 0 Å². The number of aryl methyl sites for hydroxylation is 1. The lowest BCUT2D eigenvalue weighted by Crippen LogP contribution is -2.38. The first-order valence-corrected chi connectivity index (χ1v) is 7.41. The molecule has 1 aromatic rings. The van der Waals surface area contributed by atoms with Gasteiger partial charge < -0.3 is 11.1 Å². The van der Waals surface area contributed by atoms with Crippen LogP contribution < -0.4 is 11.1 Å². The molecule has 0 aromatic carbocycles. The molecular weight excluding hydrogens is 248 g/mol. The molecule has 5 nitrogen and oxygen atoms in total. The van der Waals surface area contributed by atoms with Crippen LogP contribution in [0.2, 0.25) is 0 Å². The van der Waals surface area contributed by atoms with Crippen LogP contribution in [-0.4, -0.2) is 33.2 Å². The fourth-order valence-electron chi connectivity index (χ4n) is 2.43. The van der Waals surface area contributed by atoms with E-state index in [1.165, 1.54) is 36.6 Å². The maximum Gasteiger partial charge on any atom is 0.256 e. The number of rotatable bonds is 4. The van der Waals surface area contributed by atoms with Gasteiger partial charge in [-0.1, -0.05) is 12.8 Å². The molecule has 1 aliphatic carbocycles. The molecule has 2 rings (SSSR count). The normalized spacial score (nSPS) is 17.9. The summed E-state index contributed by atoms with van der Waals surface area (Å²) in [6, 6.07) is 0. The molecule has 1 aromatic heterocycles. The Morgan fingerprint density at radius 3 is 2.78 bits per heavy atom. The van der Waals surface area contributed by atoms with Crippen LogP contribution in [0.15, 0.2) is 6.20 Å². The summed E-state index contributed by atoms with van der Waals surface area (Å²) in [7, 11) is 1.73. The highest BCUT2D eigenvalue weighted by atomic mass is 32.2. The average molecular weight is 268 g/mol. The van der Waals surface area contributed by atoms with E-state index in [2.05, 4.69) is 16.7 Å². The SMILES string of the molecule is CSC1(CNC(=O)c2cnn(C)c2N)CCCC1. The van der Waals surface area contributed by atoms with Crippen LogP contribution in [0.1, 0.15) is 36.0 Å². The van der Waals surface area contributed by atoms with Gasteiger partial charge in [-0.3, -0.25) is 9.48 Å². The van der Waals surface area contributed by atoms with Crippen LogP contribution in [0.4, 0.5) is 5.82 Å². The third-order valence-corrected chi connectivity index (χ3v) is 5.17. The summed E-state index contributed by atoms with van der Waals surface area (Å²) in [5, 5.41) is 6.97. The number of anilines is 1. The zero-order chi connectivity index (χ0) is 13.2. The number of nitrogens with one attached hydrogen (secondary N) is 1. The molecule has 0 saturated heterocycles. The molecule has 1 saturated carbocycles. The summed E-state index contributed by atoms with van der Waals surface area (Å²) >= 11 is 1.86. The minimum Gasteiger partial charge on any atom is -0.383 e. The Morgan fingerprint density at radius 2 is 2.28 bits per heavy atom. The molecule has 0 radical (unpaired) electrons. The van der Waals surface area contributed by atoms with Gasteiger partial charge in [0, 0.05) is 18.3 Å². The zero-order valence-corrected chi connectivity index (χ0v) is 11.7. The summed E-state index contributed by atoms with van der Waals surface area (Å²) in [6.45, 7) is 0.710. The maximum absolute atomic E-state index is 12.0. The largest absolute Gasteiger partial charge is 0.383 e. The number of nitrogen functional groups attached to an aromatic ring is 1. The van der Waals surface area contributed by atoms with Crippen LogP contribution in [0.3, 0.4) is 0 Å². The van der Waals surface area contributed by atoms with Crippen LogP contribution >= 0.6 is 11.8 Å². The molecule has 1 heterocycles. The molecule has 1 fully saturated rings. The lowest BCUT2D eigenvalue weighted by molar-refractivity contribution is 0.0950. The monoisotopic (exact) mass is 268 g/mol. The number of hydrogen-bond donors (Lipinski definition) is 2. The third kappa shape index (κ3) is 2.48. The summed E-state index contributed by atoms with van der Waals surface area (Å²) in [5.41, 5.74) is 6.25. The molecule has 100 valence electrons. The van der Waals surface area contributed by atoms with Gasteiger partial charge in [0.05, 0.1) is 6.20 Å². The Bertz CT molecular complexity index is 437. The fourth-order valence-corrected chi connectivity index (χ4v) is 3.34. The smallest absolute Gasteiger partial charge is 0.256 e. The van der Waals surface area contributed by atoms with Crippen molar-refractivity contribution in [3.05, 3.63) is 11.8 Å². The van der Waals surface area contributed by atoms with E-state index in [9.17, 15) is 4.79 Å². The molecule has 0 spiro atoms. The predicted octanol–water partition coefficient (Wildman–Crippen LogP) is 1.41. The number of nitrogens with two attached hydrogens (primary N) is 1. The highest BCUT2D eigenvalue weighted by molar-refractivity contribution is 8.00. The quantitative estimate of drug-likeness (QED) is 0.866. The Kier molecular flexibility index (Phi) is 3.85. The second-order valence-corrected chi connectivity index (χ2v) is 6.12. The Hall–Kier alpha value is -1.17.